The molecular weight excluding hydrogens is 284 g/mol. The van der Waals surface area contributed by atoms with Crippen LogP contribution in [0.15, 0.2) is 24.5 Å². The number of thiophene rings is 1. The van der Waals surface area contributed by atoms with Gasteiger partial charge in [0.2, 0.25) is 0 Å². The number of carbonyl (C=O) groups excluding carboxylic acids is 1. The third-order valence-electron chi connectivity index (χ3n) is 3.68. The standard InChI is InChI=1S/C15H18N4OS/c1-19-6-4-11-12(9-19)21-14(16)13(11)15(20)18-8-10-3-2-5-17-7-10/h2-3,5,7H,4,6,8-9,16H2,1H3,(H,18,20). The maximum Gasteiger partial charge on any atom is 0.254 e. The zero-order chi connectivity index (χ0) is 14.8. The fourth-order valence-corrected chi connectivity index (χ4v) is 3.77. The number of aromatic nitrogens is 1. The van der Waals surface area contributed by atoms with E-state index in [9.17, 15) is 4.79 Å². The van der Waals surface area contributed by atoms with Crippen molar-refractivity contribution in [2.24, 2.45) is 0 Å². The number of pyridine rings is 1. The Kier molecular flexibility index (Phi) is 3.90. The van der Waals surface area contributed by atoms with Gasteiger partial charge in [-0.15, -0.1) is 11.3 Å². The number of amides is 1. The number of carbonyl (C=O) groups is 1. The molecule has 0 unspecified atom stereocenters. The lowest BCUT2D eigenvalue weighted by atomic mass is 10.0. The number of rotatable bonds is 3. The predicted molar refractivity (Wildman–Crippen MR) is 84.2 cm³/mol. The van der Waals surface area contributed by atoms with Crippen molar-refractivity contribution in [3.05, 3.63) is 46.1 Å². The molecule has 0 atom stereocenters. The zero-order valence-electron chi connectivity index (χ0n) is 11.9. The Labute approximate surface area is 127 Å². The molecule has 3 rings (SSSR count). The van der Waals surface area contributed by atoms with Crippen molar-refractivity contribution >= 4 is 22.2 Å². The summed E-state index contributed by atoms with van der Waals surface area (Å²) in [5.74, 6) is -0.0848. The summed E-state index contributed by atoms with van der Waals surface area (Å²) >= 11 is 1.53. The number of likely N-dealkylation sites (N-methyl/N-ethyl adjacent to an activating group) is 1. The quantitative estimate of drug-likeness (QED) is 0.904. The van der Waals surface area contributed by atoms with Gasteiger partial charge >= 0.3 is 0 Å². The number of nitrogens with one attached hydrogen (secondary N) is 1. The van der Waals surface area contributed by atoms with Crippen molar-refractivity contribution in [2.75, 3.05) is 19.3 Å². The second-order valence-electron chi connectivity index (χ2n) is 5.27. The molecule has 2 aromatic heterocycles. The molecular formula is C15H18N4OS. The Morgan fingerprint density at radius 2 is 2.43 bits per heavy atom. The third kappa shape index (κ3) is 2.91. The van der Waals surface area contributed by atoms with Crippen LogP contribution in [0.25, 0.3) is 0 Å². The van der Waals surface area contributed by atoms with Crippen molar-refractivity contribution in [2.45, 2.75) is 19.5 Å². The largest absolute Gasteiger partial charge is 0.390 e. The molecule has 0 aliphatic carbocycles. The second kappa shape index (κ2) is 5.83. The molecule has 0 saturated heterocycles. The molecule has 110 valence electrons. The van der Waals surface area contributed by atoms with E-state index in [0.717, 1.165) is 30.6 Å². The minimum Gasteiger partial charge on any atom is -0.390 e. The van der Waals surface area contributed by atoms with Crippen molar-refractivity contribution in [3.63, 3.8) is 0 Å². The molecule has 1 aliphatic rings. The van der Waals surface area contributed by atoms with Crippen molar-refractivity contribution in [1.29, 1.82) is 0 Å². The van der Waals surface area contributed by atoms with Crippen LogP contribution >= 0.6 is 11.3 Å². The highest BCUT2D eigenvalue weighted by molar-refractivity contribution is 7.16. The number of nitrogen functional groups attached to an aromatic ring is 1. The molecule has 0 radical (unpaired) electrons. The van der Waals surface area contributed by atoms with Crippen LogP contribution in [0.4, 0.5) is 5.00 Å². The minimum atomic E-state index is -0.0848. The first-order chi connectivity index (χ1) is 10.1. The zero-order valence-corrected chi connectivity index (χ0v) is 12.7. The molecule has 6 heteroatoms. The Morgan fingerprint density at radius 3 is 3.19 bits per heavy atom. The van der Waals surface area contributed by atoms with E-state index in [2.05, 4.69) is 22.2 Å². The summed E-state index contributed by atoms with van der Waals surface area (Å²) in [6.45, 7) is 2.31. The smallest absolute Gasteiger partial charge is 0.254 e. The number of anilines is 1. The minimum absolute atomic E-state index is 0.0848. The summed E-state index contributed by atoms with van der Waals surface area (Å²) in [5, 5.41) is 3.56. The van der Waals surface area contributed by atoms with E-state index in [1.165, 1.54) is 16.2 Å². The van der Waals surface area contributed by atoms with Crippen LogP contribution in [0.1, 0.15) is 26.4 Å². The van der Waals surface area contributed by atoms with Crippen LogP contribution in [0, 0.1) is 0 Å². The van der Waals surface area contributed by atoms with Gasteiger partial charge in [0.05, 0.1) is 10.6 Å². The van der Waals surface area contributed by atoms with Gasteiger partial charge in [-0.3, -0.25) is 9.78 Å². The predicted octanol–water partition coefficient (Wildman–Crippen LogP) is 1.64. The Bertz CT molecular complexity index is 653. The van der Waals surface area contributed by atoms with E-state index in [1.807, 2.05) is 12.1 Å². The molecule has 3 heterocycles. The van der Waals surface area contributed by atoms with E-state index in [0.29, 0.717) is 17.1 Å². The van der Waals surface area contributed by atoms with E-state index < -0.39 is 0 Å². The molecule has 0 spiro atoms. The lowest BCUT2D eigenvalue weighted by Crippen LogP contribution is -2.29. The van der Waals surface area contributed by atoms with Crippen LogP contribution in [-0.4, -0.2) is 29.4 Å². The number of nitrogens with zero attached hydrogens (tertiary/aromatic N) is 2. The van der Waals surface area contributed by atoms with Gasteiger partial charge in [0.1, 0.15) is 0 Å². The summed E-state index contributed by atoms with van der Waals surface area (Å²) in [6, 6.07) is 3.80. The highest BCUT2D eigenvalue weighted by atomic mass is 32.1. The first-order valence-electron chi connectivity index (χ1n) is 6.91. The summed E-state index contributed by atoms with van der Waals surface area (Å²) in [5.41, 5.74) is 8.84. The summed E-state index contributed by atoms with van der Waals surface area (Å²) in [7, 11) is 2.08. The fourth-order valence-electron chi connectivity index (χ4n) is 2.57. The molecule has 0 aromatic carbocycles. The lowest BCUT2D eigenvalue weighted by Gasteiger charge is -2.22. The van der Waals surface area contributed by atoms with E-state index >= 15 is 0 Å². The van der Waals surface area contributed by atoms with Gasteiger partial charge in [-0.2, -0.15) is 0 Å². The van der Waals surface area contributed by atoms with Gasteiger partial charge in [0.15, 0.2) is 0 Å². The molecule has 0 saturated carbocycles. The summed E-state index contributed by atoms with van der Waals surface area (Å²) in [6.07, 6.45) is 4.35. The van der Waals surface area contributed by atoms with Gasteiger partial charge < -0.3 is 16.0 Å². The molecule has 21 heavy (non-hydrogen) atoms. The normalized spacial score (nSPS) is 14.7. The summed E-state index contributed by atoms with van der Waals surface area (Å²) < 4.78 is 0. The number of hydrogen-bond donors (Lipinski definition) is 2. The van der Waals surface area contributed by atoms with Crippen LogP contribution in [0.2, 0.25) is 0 Å². The van der Waals surface area contributed by atoms with E-state index in [4.69, 9.17) is 5.73 Å². The van der Waals surface area contributed by atoms with Gasteiger partial charge in [-0.25, -0.2) is 0 Å². The van der Waals surface area contributed by atoms with Gasteiger partial charge in [0.25, 0.3) is 5.91 Å². The Hall–Kier alpha value is -1.92. The van der Waals surface area contributed by atoms with E-state index in [-0.39, 0.29) is 5.91 Å². The topological polar surface area (TPSA) is 71.2 Å². The molecule has 1 aliphatic heterocycles. The summed E-state index contributed by atoms with van der Waals surface area (Å²) in [4.78, 5) is 19.9. The van der Waals surface area contributed by atoms with Crippen LogP contribution in [0.3, 0.4) is 0 Å². The molecule has 0 fully saturated rings. The molecule has 1 amide bonds. The Morgan fingerprint density at radius 1 is 1.57 bits per heavy atom. The van der Waals surface area contributed by atoms with Gasteiger partial charge in [-0.05, 0) is 30.7 Å². The molecule has 0 bridgehead atoms. The van der Waals surface area contributed by atoms with Crippen LogP contribution in [-0.2, 0) is 19.5 Å². The van der Waals surface area contributed by atoms with E-state index in [1.54, 1.807) is 12.4 Å². The number of hydrogen-bond acceptors (Lipinski definition) is 5. The van der Waals surface area contributed by atoms with Crippen LogP contribution < -0.4 is 11.1 Å². The maximum atomic E-state index is 12.4. The van der Waals surface area contributed by atoms with Crippen LogP contribution in [0.5, 0.6) is 0 Å². The average Bonchev–Trinajstić information content (AvgIpc) is 2.81. The highest BCUT2D eigenvalue weighted by Gasteiger charge is 2.25. The fraction of sp³-hybridized carbons (Fsp3) is 0.333. The number of fused-ring (bicyclic) bond motifs is 1. The lowest BCUT2D eigenvalue weighted by molar-refractivity contribution is 0.0950. The number of nitrogens with two attached hydrogens (primary N) is 1. The highest BCUT2D eigenvalue weighted by Crippen LogP contribution is 2.34. The second-order valence-corrected chi connectivity index (χ2v) is 6.41. The SMILES string of the molecule is CN1CCc2c(sc(N)c2C(=O)NCc2cccnc2)C1. The molecule has 5 nitrogen and oxygen atoms in total. The first kappa shape index (κ1) is 14.0. The molecule has 3 N–H and O–H groups in total. The monoisotopic (exact) mass is 302 g/mol. The van der Waals surface area contributed by atoms with Gasteiger partial charge in [0, 0.05) is 36.9 Å². The van der Waals surface area contributed by atoms with Crippen molar-refractivity contribution in [1.82, 2.24) is 15.2 Å². The Balaban J connectivity index is 1.76. The van der Waals surface area contributed by atoms with Crippen molar-refractivity contribution in [3.8, 4) is 0 Å². The maximum absolute atomic E-state index is 12.4. The third-order valence-corrected chi connectivity index (χ3v) is 4.72. The molecule has 2 aromatic rings. The first-order valence-corrected chi connectivity index (χ1v) is 7.72. The van der Waals surface area contributed by atoms with Crippen molar-refractivity contribution < 1.29 is 4.79 Å². The average molecular weight is 302 g/mol. The van der Waals surface area contributed by atoms with Gasteiger partial charge in [-0.1, -0.05) is 6.07 Å².